The van der Waals surface area contributed by atoms with Crippen LogP contribution < -0.4 is 5.73 Å². The van der Waals surface area contributed by atoms with Crippen molar-refractivity contribution >= 4 is 11.9 Å². The number of carbonyl (C=O) groups excluding carboxylic acids is 2. The lowest BCUT2D eigenvalue weighted by Crippen LogP contribution is -2.17. The second-order valence-electron chi connectivity index (χ2n) is 4.71. The summed E-state index contributed by atoms with van der Waals surface area (Å²) in [4.78, 5) is 26.7. The van der Waals surface area contributed by atoms with Crippen molar-refractivity contribution < 1.29 is 19.1 Å². The van der Waals surface area contributed by atoms with Crippen LogP contribution in [0.25, 0.3) is 0 Å². The van der Waals surface area contributed by atoms with Crippen molar-refractivity contribution in [1.82, 2.24) is 4.98 Å². The molecule has 1 heterocycles. The molecular formula is C14H22N2O4. The van der Waals surface area contributed by atoms with Crippen molar-refractivity contribution in [2.75, 3.05) is 13.7 Å². The summed E-state index contributed by atoms with van der Waals surface area (Å²) in [5.41, 5.74) is 7.67. The summed E-state index contributed by atoms with van der Waals surface area (Å²) in [6, 6.07) is -0.0225. The summed E-state index contributed by atoms with van der Waals surface area (Å²) in [6.07, 6.45) is 1.17. The van der Waals surface area contributed by atoms with Gasteiger partial charge in [-0.2, -0.15) is 0 Å². The first-order valence-electron chi connectivity index (χ1n) is 6.64. The molecule has 0 amide bonds. The Balaban J connectivity index is 3.22. The van der Waals surface area contributed by atoms with Crippen LogP contribution in [0, 0.1) is 6.92 Å². The zero-order chi connectivity index (χ0) is 15.3. The average molecular weight is 282 g/mol. The molecule has 6 nitrogen and oxygen atoms in total. The molecule has 0 aliphatic heterocycles. The molecule has 1 rings (SSSR count). The standard InChI is InChI=1S/C14H22N2O4/c1-5-20-14(18)12-10(7-6-8(2)15)11(9(3)16-12)13(17)19-4/h8,16H,5-7,15H2,1-4H3. The fourth-order valence-electron chi connectivity index (χ4n) is 2.05. The summed E-state index contributed by atoms with van der Waals surface area (Å²) >= 11 is 0. The summed E-state index contributed by atoms with van der Waals surface area (Å²) in [7, 11) is 1.31. The number of ether oxygens (including phenoxy) is 2. The number of nitrogens with one attached hydrogen (secondary N) is 1. The van der Waals surface area contributed by atoms with Crippen LogP contribution in [0.5, 0.6) is 0 Å². The highest BCUT2D eigenvalue weighted by Gasteiger charge is 2.25. The van der Waals surface area contributed by atoms with Crippen LogP contribution in [-0.2, 0) is 15.9 Å². The van der Waals surface area contributed by atoms with Crippen LogP contribution in [0.3, 0.4) is 0 Å². The normalized spacial score (nSPS) is 12.1. The molecule has 6 heteroatoms. The summed E-state index contributed by atoms with van der Waals surface area (Å²) < 4.78 is 9.78. The van der Waals surface area contributed by atoms with Crippen molar-refractivity contribution in [2.24, 2.45) is 5.73 Å². The first-order valence-corrected chi connectivity index (χ1v) is 6.64. The van der Waals surface area contributed by atoms with E-state index in [0.717, 1.165) is 0 Å². The highest BCUT2D eigenvalue weighted by Crippen LogP contribution is 2.22. The van der Waals surface area contributed by atoms with Crippen molar-refractivity contribution in [3.63, 3.8) is 0 Å². The van der Waals surface area contributed by atoms with Gasteiger partial charge in [0, 0.05) is 11.7 Å². The fourth-order valence-corrected chi connectivity index (χ4v) is 2.05. The summed E-state index contributed by atoms with van der Waals surface area (Å²) in [5, 5.41) is 0. The molecule has 1 atom stereocenters. The van der Waals surface area contributed by atoms with Gasteiger partial charge in [-0.25, -0.2) is 9.59 Å². The van der Waals surface area contributed by atoms with Gasteiger partial charge in [-0.05, 0) is 39.2 Å². The molecule has 3 N–H and O–H groups in total. The number of carbonyl (C=O) groups is 2. The smallest absolute Gasteiger partial charge is 0.355 e. The molecule has 0 aliphatic carbocycles. The molecule has 20 heavy (non-hydrogen) atoms. The molecule has 0 spiro atoms. The Kier molecular flexibility index (Phi) is 5.76. The van der Waals surface area contributed by atoms with Gasteiger partial charge >= 0.3 is 11.9 Å². The molecule has 0 aliphatic rings. The van der Waals surface area contributed by atoms with Gasteiger partial charge in [0.2, 0.25) is 0 Å². The third kappa shape index (κ3) is 3.60. The minimum atomic E-state index is -0.467. The van der Waals surface area contributed by atoms with Gasteiger partial charge in [0.15, 0.2) is 0 Å². The predicted molar refractivity (Wildman–Crippen MR) is 74.8 cm³/mol. The number of rotatable bonds is 6. The second kappa shape index (κ2) is 7.09. The monoisotopic (exact) mass is 282 g/mol. The first kappa shape index (κ1) is 16.2. The average Bonchev–Trinajstić information content (AvgIpc) is 2.72. The highest BCUT2D eigenvalue weighted by atomic mass is 16.5. The van der Waals surface area contributed by atoms with Crippen LogP contribution in [0.1, 0.15) is 52.4 Å². The Bertz CT molecular complexity index is 492. The van der Waals surface area contributed by atoms with Gasteiger partial charge in [0.25, 0.3) is 0 Å². The Hall–Kier alpha value is -1.82. The lowest BCUT2D eigenvalue weighted by atomic mass is 10.0. The van der Waals surface area contributed by atoms with E-state index in [4.69, 9.17) is 15.2 Å². The van der Waals surface area contributed by atoms with Crippen molar-refractivity contribution in [3.05, 3.63) is 22.5 Å². The van der Waals surface area contributed by atoms with Crippen molar-refractivity contribution in [3.8, 4) is 0 Å². The predicted octanol–water partition coefficient (Wildman–Crippen LogP) is 1.57. The molecule has 0 bridgehead atoms. The van der Waals surface area contributed by atoms with Crippen LogP contribution >= 0.6 is 0 Å². The number of aryl methyl sites for hydroxylation is 1. The molecule has 0 aromatic carbocycles. The number of hydrogen-bond acceptors (Lipinski definition) is 5. The van der Waals surface area contributed by atoms with Crippen LogP contribution in [0.15, 0.2) is 0 Å². The van der Waals surface area contributed by atoms with Crippen molar-refractivity contribution in [1.29, 1.82) is 0 Å². The van der Waals surface area contributed by atoms with Crippen LogP contribution in [0.4, 0.5) is 0 Å². The highest BCUT2D eigenvalue weighted by molar-refractivity contribution is 5.98. The zero-order valence-corrected chi connectivity index (χ0v) is 12.4. The number of esters is 2. The van der Waals surface area contributed by atoms with E-state index < -0.39 is 11.9 Å². The Morgan fingerprint density at radius 2 is 2.00 bits per heavy atom. The molecule has 0 fully saturated rings. The Morgan fingerprint density at radius 1 is 1.35 bits per heavy atom. The minimum Gasteiger partial charge on any atom is -0.465 e. The van der Waals surface area contributed by atoms with Crippen LogP contribution in [0.2, 0.25) is 0 Å². The minimum absolute atomic E-state index is 0.0225. The van der Waals surface area contributed by atoms with E-state index in [1.807, 2.05) is 6.92 Å². The van der Waals surface area contributed by atoms with E-state index in [-0.39, 0.29) is 12.6 Å². The number of aromatic amines is 1. The topological polar surface area (TPSA) is 94.4 Å². The van der Waals surface area contributed by atoms with Gasteiger partial charge in [-0.15, -0.1) is 0 Å². The molecule has 0 saturated carbocycles. The Morgan fingerprint density at radius 3 is 2.50 bits per heavy atom. The molecule has 0 radical (unpaired) electrons. The molecule has 1 unspecified atom stereocenters. The SMILES string of the molecule is CCOC(=O)c1[nH]c(C)c(C(=O)OC)c1CCC(C)N. The van der Waals surface area contributed by atoms with E-state index in [2.05, 4.69) is 4.98 Å². The van der Waals surface area contributed by atoms with E-state index in [0.29, 0.717) is 35.4 Å². The number of methoxy groups -OCH3 is 1. The van der Waals surface area contributed by atoms with E-state index >= 15 is 0 Å². The zero-order valence-electron chi connectivity index (χ0n) is 12.4. The number of H-pyrrole nitrogens is 1. The van der Waals surface area contributed by atoms with Gasteiger partial charge in [-0.1, -0.05) is 0 Å². The summed E-state index contributed by atoms with van der Waals surface area (Å²) in [5.74, 6) is -0.931. The molecule has 0 saturated heterocycles. The largest absolute Gasteiger partial charge is 0.465 e. The van der Waals surface area contributed by atoms with E-state index in [9.17, 15) is 9.59 Å². The maximum absolute atomic E-state index is 11.9. The number of nitrogens with two attached hydrogens (primary N) is 1. The van der Waals surface area contributed by atoms with Gasteiger partial charge in [-0.3, -0.25) is 0 Å². The second-order valence-corrected chi connectivity index (χ2v) is 4.71. The Labute approximate surface area is 118 Å². The fraction of sp³-hybridized carbons (Fsp3) is 0.571. The maximum Gasteiger partial charge on any atom is 0.355 e. The van der Waals surface area contributed by atoms with E-state index in [1.54, 1.807) is 13.8 Å². The summed E-state index contributed by atoms with van der Waals surface area (Å²) in [6.45, 7) is 5.61. The molecule has 1 aromatic rings. The van der Waals surface area contributed by atoms with Crippen LogP contribution in [-0.4, -0.2) is 36.7 Å². The molecule has 112 valence electrons. The number of aromatic nitrogens is 1. The van der Waals surface area contributed by atoms with Gasteiger partial charge < -0.3 is 20.2 Å². The third-order valence-electron chi connectivity index (χ3n) is 3.01. The quantitative estimate of drug-likeness (QED) is 0.772. The lowest BCUT2D eigenvalue weighted by Gasteiger charge is -2.08. The maximum atomic E-state index is 11.9. The molecular weight excluding hydrogens is 260 g/mol. The molecule has 1 aromatic heterocycles. The van der Waals surface area contributed by atoms with Gasteiger partial charge in [0.05, 0.1) is 19.3 Å². The third-order valence-corrected chi connectivity index (χ3v) is 3.01. The first-order chi connectivity index (χ1) is 9.42. The van der Waals surface area contributed by atoms with E-state index in [1.165, 1.54) is 7.11 Å². The van der Waals surface area contributed by atoms with Crippen molar-refractivity contribution in [2.45, 2.75) is 39.7 Å². The number of hydrogen-bond donors (Lipinski definition) is 2. The lowest BCUT2D eigenvalue weighted by molar-refractivity contribution is 0.0518. The van der Waals surface area contributed by atoms with Gasteiger partial charge in [0.1, 0.15) is 5.69 Å².